The second kappa shape index (κ2) is 14.8. The lowest BCUT2D eigenvalue weighted by Crippen LogP contribution is -2.46. The lowest BCUT2D eigenvalue weighted by atomic mass is 9.89. The highest BCUT2D eigenvalue weighted by Crippen LogP contribution is 2.43. The molecule has 3 aromatic rings. The summed E-state index contributed by atoms with van der Waals surface area (Å²) in [5.74, 6) is -0.760. The van der Waals surface area contributed by atoms with Gasteiger partial charge in [-0.3, -0.25) is 4.18 Å². The molecule has 0 aliphatic carbocycles. The Morgan fingerprint density at radius 1 is 0.812 bits per heavy atom. The van der Waals surface area contributed by atoms with Gasteiger partial charge in [0.1, 0.15) is 35.9 Å². The molecule has 0 aromatic heterocycles. The zero-order valence-electron chi connectivity index (χ0n) is 29.3. The van der Waals surface area contributed by atoms with Crippen LogP contribution in [0.1, 0.15) is 107 Å². The van der Waals surface area contributed by atoms with Crippen molar-refractivity contribution in [1.29, 1.82) is 0 Å². The highest BCUT2D eigenvalue weighted by Gasteiger charge is 2.58. The van der Waals surface area contributed by atoms with Crippen LogP contribution in [0.2, 0.25) is 0 Å². The molecular weight excluding hydrogens is 628 g/mol. The molecule has 5 rings (SSSR count). The van der Waals surface area contributed by atoms with E-state index < -0.39 is 52.7 Å². The molecule has 2 aliphatic rings. The van der Waals surface area contributed by atoms with Gasteiger partial charge in [-0.05, 0) is 59.4 Å². The molecule has 0 amide bonds. The smallest absolute Gasteiger partial charge is 0.297 e. The second-order valence-electron chi connectivity index (χ2n) is 13.9. The first-order valence-corrected chi connectivity index (χ1v) is 18.2. The van der Waals surface area contributed by atoms with E-state index >= 15 is 0 Å². The van der Waals surface area contributed by atoms with Crippen molar-refractivity contribution in [2.24, 2.45) is 0 Å². The van der Waals surface area contributed by atoms with Gasteiger partial charge in [0.2, 0.25) is 0 Å². The monoisotopic (exact) mass is 678 g/mol. The summed E-state index contributed by atoms with van der Waals surface area (Å²) in [6, 6.07) is 23.8. The molecule has 0 N–H and O–H groups in total. The quantitative estimate of drug-likeness (QED) is 0.124. The van der Waals surface area contributed by atoms with Crippen LogP contribution in [0, 0.1) is 0 Å². The van der Waals surface area contributed by atoms with E-state index in [1.165, 1.54) is 6.26 Å². The third-order valence-corrected chi connectivity index (χ3v) is 10.3. The third kappa shape index (κ3) is 7.88. The molecule has 9 heteroatoms. The summed E-state index contributed by atoms with van der Waals surface area (Å²) in [7, 11) is -4.23. The molecule has 0 unspecified atom stereocenters. The number of rotatable bonds is 14. The van der Waals surface area contributed by atoms with E-state index in [2.05, 4.69) is 20.4 Å². The first-order valence-electron chi connectivity index (χ1n) is 16.8. The topological polar surface area (TPSA) is 89.5 Å². The van der Waals surface area contributed by atoms with E-state index in [9.17, 15) is 8.42 Å². The maximum absolute atomic E-state index is 14.2. The van der Waals surface area contributed by atoms with E-state index in [1.54, 1.807) is 0 Å². The van der Waals surface area contributed by atoms with Gasteiger partial charge < -0.3 is 23.7 Å². The Bertz CT molecular complexity index is 1570. The van der Waals surface area contributed by atoms with E-state index in [-0.39, 0.29) is 29.3 Å². The van der Waals surface area contributed by atoms with E-state index in [0.717, 1.165) is 27.8 Å². The molecule has 48 heavy (non-hydrogen) atoms. The van der Waals surface area contributed by atoms with Crippen molar-refractivity contribution in [3.8, 4) is 0 Å². The maximum Gasteiger partial charge on any atom is 0.297 e. The van der Waals surface area contributed by atoms with Crippen LogP contribution in [0.5, 0.6) is 0 Å². The van der Waals surface area contributed by atoms with Crippen LogP contribution < -0.4 is 0 Å². The van der Waals surface area contributed by atoms with Gasteiger partial charge in [-0.2, -0.15) is 8.42 Å². The summed E-state index contributed by atoms with van der Waals surface area (Å²) < 4.78 is 66.0. The average molecular weight is 679 g/mol. The van der Waals surface area contributed by atoms with Crippen LogP contribution in [0.3, 0.4) is 0 Å². The molecule has 2 heterocycles. The van der Waals surface area contributed by atoms with Crippen LogP contribution in [-0.2, 0) is 38.0 Å². The molecule has 2 saturated heterocycles. The molecule has 2 fully saturated rings. The fraction of sp³-hybridized carbons (Fsp3) is 0.487. The predicted octanol–water partition coefficient (Wildman–Crippen LogP) is 8.34. The summed E-state index contributed by atoms with van der Waals surface area (Å²) in [5, 5.41) is 0. The van der Waals surface area contributed by atoms with Crippen molar-refractivity contribution in [2.45, 2.75) is 121 Å². The molecule has 0 radical (unpaired) electrons. The number of benzene rings is 3. The zero-order chi connectivity index (χ0) is 34.8. The van der Waals surface area contributed by atoms with Crippen LogP contribution in [0.4, 0.5) is 0 Å². The minimum atomic E-state index is -4.23. The Hall–Kier alpha value is -3.05. The van der Waals surface area contributed by atoms with Crippen LogP contribution in [-0.4, -0.2) is 51.5 Å². The summed E-state index contributed by atoms with van der Waals surface area (Å²) in [6.45, 7) is 19.3. The Morgan fingerprint density at radius 2 is 1.35 bits per heavy atom. The minimum absolute atomic E-state index is 0.0457. The first-order chi connectivity index (χ1) is 22.7. The van der Waals surface area contributed by atoms with Gasteiger partial charge in [0.05, 0.1) is 6.26 Å². The molecular formula is C39H50O8S. The largest absolute Gasteiger partial charge is 0.493 e. The van der Waals surface area contributed by atoms with Crippen molar-refractivity contribution in [1.82, 2.24) is 0 Å². The number of hydrogen-bond donors (Lipinski definition) is 0. The van der Waals surface area contributed by atoms with E-state index in [1.807, 2.05) is 114 Å². The molecule has 260 valence electrons. The third-order valence-electron chi connectivity index (χ3n) is 8.88. The van der Waals surface area contributed by atoms with E-state index in [0.29, 0.717) is 0 Å². The number of fused-ring (bicyclic) bond motifs is 1. The van der Waals surface area contributed by atoms with Crippen molar-refractivity contribution >= 4 is 10.1 Å². The normalized spacial score (nSPS) is 22.8. The SMILES string of the molecule is C=CO[C@H](COS(=O)(=O)c1c(C(C)C)cc(C(C)C)cc1C(C)C)[C@H]1O[C@@H]2OC(C)(C)O[C@@H]2[C@@H]1OC(c1ccccc1)c1ccccc1. The fourth-order valence-corrected chi connectivity index (χ4v) is 8.05. The van der Waals surface area contributed by atoms with Crippen molar-refractivity contribution in [3.63, 3.8) is 0 Å². The Morgan fingerprint density at radius 3 is 1.83 bits per heavy atom. The van der Waals surface area contributed by atoms with Gasteiger partial charge in [0.15, 0.2) is 18.2 Å². The van der Waals surface area contributed by atoms with Gasteiger partial charge >= 0.3 is 0 Å². The van der Waals surface area contributed by atoms with Gasteiger partial charge in [-0.1, -0.05) is 121 Å². The molecule has 3 aromatic carbocycles. The van der Waals surface area contributed by atoms with Crippen molar-refractivity contribution in [2.75, 3.05) is 6.61 Å². The van der Waals surface area contributed by atoms with Crippen LogP contribution >= 0.6 is 0 Å². The number of ether oxygens (including phenoxy) is 5. The molecule has 0 bridgehead atoms. The second-order valence-corrected chi connectivity index (χ2v) is 15.5. The van der Waals surface area contributed by atoms with Crippen molar-refractivity contribution < 1.29 is 36.3 Å². The van der Waals surface area contributed by atoms with Crippen molar-refractivity contribution in [3.05, 3.63) is 113 Å². The van der Waals surface area contributed by atoms with E-state index in [4.69, 9.17) is 27.9 Å². The lowest BCUT2D eigenvalue weighted by Gasteiger charge is -2.33. The van der Waals surface area contributed by atoms with Crippen LogP contribution in [0.15, 0.2) is 90.5 Å². The fourth-order valence-electron chi connectivity index (χ4n) is 6.45. The molecule has 8 nitrogen and oxygen atoms in total. The summed E-state index contributed by atoms with van der Waals surface area (Å²) in [6.07, 6.45) is -3.06. The Balaban J connectivity index is 1.49. The maximum atomic E-state index is 14.2. The lowest BCUT2D eigenvalue weighted by molar-refractivity contribution is -0.233. The predicted molar refractivity (Wildman–Crippen MR) is 185 cm³/mol. The van der Waals surface area contributed by atoms with Gasteiger partial charge in [0, 0.05) is 0 Å². The first kappa shape index (κ1) is 36.2. The Labute approximate surface area is 286 Å². The zero-order valence-corrected chi connectivity index (χ0v) is 30.1. The van der Waals surface area contributed by atoms with Gasteiger partial charge in [-0.15, -0.1) is 0 Å². The Kier molecular flexibility index (Phi) is 11.2. The molecule has 0 spiro atoms. The molecule has 2 aliphatic heterocycles. The average Bonchev–Trinajstić information content (AvgIpc) is 3.53. The highest BCUT2D eigenvalue weighted by molar-refractivity contribution is 7.86. The summed E-state index contributed by atoms with van der Waals surface area (Å²) >= 11 is 0. The number of hydrogen-bond acceptors (Lipinski definition) is 8. The molecule has 0 saturated carbocycles. The minimum Gasteiger partial charge on any atom is -0.493 e. The highest BCUT2D eigenvalue weighted by atomic mass is 32.2. The summed E-state index contributed by atoms with van der Waals surface area (Å²) in [5.41, 5.74) is 4.44. The van der Waals surface area contributed by atoms with Gasteiger partial charge in [0.25, 0.3) is 10.1 Å². The van der Waals surface area contributed by atoms with Gasteiger partial charge in [-0.25, -0.2) is 0 Å². The standard InChI is InChI=1S/C39H50O8S/c1-10-42-32(23-43-48(40,41)37-30(25(4)5)21-29(24(2)3)22-31(37)26(6)7)34-35(36-38(45-34)47-39(8,9)46-36)44-33(27-17-13-11-14-18-27)28-19-15-12-16-20-28/h10-22,24-26,32-36,38H,1,23H2,2-9H3/t32-,34-,35-,36-,38-/m1/s1. The van der Waals surface area contributed by atoms with Crippen LogP contribution in [0.25, 0.3) is 0 Å². The molecule has 5 atom stereocenters. The summed E-state index contributed by atoms with van der Waals surface area (Å²) in [4.78, 5) is 0.216.